The van der Waals surface area contributed by atoms with E-state index in [1.54, 1.807) is 12.1 Å². The summed E-state index contributed by atoms with van der Waals surface area (Å²) in [6.45, 7) is 5.79. The van der Waals surface area contributed by atoms with Crippen molar-refractivity contribution in [2.24, 2.45) is 0 Å². The lowest BCUT2D eigenvalue weighted by Crippen LogP contribution is -2.48. The fraction of sp³-hybridized carbons (Fsp3) is 0.588. The molecule has 0 spiro atoms. The van der Waals surface area contributed by atoms with E-state index in [1.807, 2.05) is 11.0 Å². The Hall–Kier alpha value is -1.41. The number of piperazine rings is 1. The summed E-state index contributed by atoms with van der Waals surface area (Å²) < 4.78 is 37.6. The fourth-order valence-corrected chi connectivity index (χ4v) is 3.90. The van der Waals surface area contributed by atoms with E-state index >= 15 is 0 Å². The Morgan fingerprint density at radius 3 is 2.44 bits per heavy atom. The summed E-state index contributed by atoms with van der Waals surface area (Å²) >= 11 is -0.0727. The maximum absolute atomic E-state index is 12.5. The Morgan fingerprint density at radius 2 is 1.80 bits per heavy atom. The number of alkyl halides is 3. The topological polar surface area (TPSA) is 26.8 Å². The summed E-state index contributed by atoms with van der Waals surface area (Å²) in [5, 5.41) is 0. The van der Waals surface area contributed by atoms with Crippen molar-refractivity contribution >= 4 is 23.4 Å². The van der Waals surface area contributed by atoms with E-state index in [0.717, 1.165) is 57.9 Å². The molecule has 3 rings (SSSR count). The van der Waals surface area contributed by atoms with Gasteiger partial charge >= 0.3 is 5.51 Å². The second-order valence-corrected chi connectivity index (χ2v) is 7.50. The van der Waals surface area contributed by atoms with Crippen LogP contribution in [0, 0.1) is 0 Å². The molecule has 0 aliphatic carbocycles. The number of carbonyl (C=O) groups is 1. The van der Waals surface area contributed by atoms with Crippen LogP contribution in [0.1, 0.15) is 12.8 Å². The van der Waals surface area contributed by atoms with Gasteiger partial charge in [0.2, 0.25) is 5.91 Å². The van der Waals surface area contributed by atoms with Crippen molar-refractivity contribution in [3.63, 3.8) is 0 Å². The van der Waals surface area contributed by atoms with Crippen LogP contribution >= 0.6 is 11.8 Å². The third kappa shape index (κ3) is 5.28. The zero-order valence-electron chi connectivity index (χ0n) is 14.0. The molecule has 25 heavy (non-hydrogen) atoms. The van der Waals surface area contributed by atoms with Crippen LogP contribution in [-0.2, 0) is 4.79 Å². The molecule has 1 aromatic rings. The number of halogens is 3. The average molecular weight is 373 g/mol. The summed E-state index contributed by atoms with van der Waals surface area (Å²) in [5.74, 6) is 0.248. The second-order valence-electron chi connectivity index (χ2n) is 6.36. The van der Waals surface area contributed by atoms with Crippen molar-refractivity contribution in [1.82, 2.24) is 9.80 Å². The van der Waals surface area contributed by atoms with Gasteiger partial charge in [-0.1, -0.05) is 6.07 Å². The van der Waals surface area contributed by atoms with Crippen LogP contribution in [-0.4, -0.2) is 67.0 Å². The van der Waals surface area contributed by atoms with Gasteiger partial charge in [-0.2, -0.15) is 13.2 Å². The zero-order chi connectivity index (χ0) is 17.9. The molecule has 4 nitrogen and oxygen atoms in total. The molecular weight excluding hydrogens is 351 g/mol. The lowest BCUT2D eigenvalue weighted by molar-refractivity contribution is -0.127. The van der Waals surface area contributed by atoms with Crippen molar-refractivity contribution in [2.75, 3.05) is 50.7 Å². The minimum atomic E-state index is -4.26. The maximum atomic E-state index is 12.5. The molecule has 0 saturated carbocycles. The first kappa shape index (κ1) is 18.4. The molecule has 0 bridgehead atoms. The molecule has 1 amide bonds. The summed E-state index contributed by atoms with van der Waals surface area (Å²) in [6, 6.07) is 6.63. The molecule has 2 aliphatic heterocycles. The van der Waals surface area contributed by atoms with Gasteiger partial charge in [0.05, 0.1) is 0 Å². The maximum Gasteiger partial charge on any atom is 0.446 e. The molecule has 138 valence electrons. The van der Waals surface area contributed by atoms with E-state index in [-0.39, 0.29) is 22.6 Å². The number of nitrogens with zero attached hydrogens (tertiary/aromatic N) is 3. The third-order valence-corrected chi connectivity index (χ3v) is 5.37. The highest BCUT2D eigenvalue weighted by molar-refractivity contribution is 8.00. The standard InChI is InChI=1S/C17H22F3N3OS/c18-17(19,20)25-15-4-1-3-14(13-15)22-10-7-21(8-11-22)9-12-23-6-2-5-16(23)24/h1,3-4,13H,2,5-12H2. The highest BCUT2D eigenvalue weighted by Gasteiger charge is 2.29. The predicted molar refractivity (Wildman–Crippen MR) is 92.8 cm³/mol. The average Bonchev–Trinajstić information content (AvgIpc) is 2.97. The van der Waals surface area contributed by atoms with Crippen LogP contribution in [0.4, 0.5) is 18.9 Å². The van der Waals surface area contributed by atoms with Crippen molar-refractivity contribution in [2.45, 2.75) is 23.2 Å². The molecule has 0 radical (unpaired) electrons. The SMILES string of the molecule is O=C1CCCN1CCN1CCN(c2cccc(SC(F)(F)F)c2)CC1. The quantitative estimate of drug-likeness (QED) is 0.742. The van der Waals surface area contributed by atoms with E-state index < -0.39 is 5.51 Å². The Kier molecular flexibility index (Phi) is 5.78. The van der Waals surface area contributed by atoms with Crippen molar-refractivity contribution in [3.8, 4) is 0 Å². The molecule has 8 heteroatoms. The normalized spacial score (nSPS) is 19.7. The number of hydrogen-bond donors (Lipinski definition) is 0. The lowest BCUT2D eigenvalue weighted by atomic mass is 10.2. The van der Waals surface area contributed by atoms with Crippen molar-refractivity contribution in [3.05, 3.63) is 24.3 Å². The van der Waals surface area contributed by atoms with Crippen LogP contribution in [0.2, 0.25) is 0 Å². The lowest BCUT2D eigenvalue weighted by Gasteiger charge is -2.36. The number of amides is 1. The van der Waals surface area contributed by atoms with Crippen LogP contribution in [0.15, 0.2) is 29.2 Å². The van der Waals surface area contributed by atoms with E-state index in [1.165, 1.54) is 6.07 Å². The molecule has 2 heterocycles. The molecule has 2 aliphatic rings. The highest BCUT2D eigenvalue weighted by Crippen LogP contribution is 2.38. The number of likely N-dealkylation sites (tertiary alicyclic amines) is 1. The summed E-state index contributed by atoms with van der Waals surface area (Å²) in [4.78, 5) is 18.2. The van der Waals surface area contributed by atoms with Crippen LogP contribution in [0.25, 0.3) is 0 Å². The first-order chi connectivity index (χ1) is 11.9. The smallest absolute Gasteiger partial charge is 0.369 e. The number of hydrogen-bond acceptors (Lipinski definition) is 4. The molecule has 0 atom stereocenters. The summed E-state index contributed by atoms with van der Waals surface area (Å²) in [6.07, 6.45) is 1.62. The number of benzene rings is 1. The van der Waals surface area contributed by atoms with Gasteiger partial charge in [-0.15, -0.1) is 0 Å². The van der Waals surface area contributed by atoms with Crippen LogP contribution in [0.5, 0.6) is 0 Å². The minimum Gasteiger partial charge on any atom is -0.369 e. The summed E-state index contributed by atoms with van der Waals surface area (Å²) in [7, 11) is 0. The van der Waals surface area contributed by atoms with E-state index in [4.69, 9.17) is 0 Å². The molecule has 2 fully saturated rings. The number of rotatable bonds is 5. The largest absolute Gasteiger partial charge is 0.446 e. The van der Waals surface area contributed by atoms with E-state index in [2.05, 4.69) is 9.80 Å². The second kappa shape index (κ2) is 7.86. The van der Waals surface area contributed by atoms with Gasteiger partial charge < -0.3 is 9.80 Å². The molecule has 1 aromatic carbocycles. The van der Waals surface area contributed by atoms with Gasteiger partial charge in [0.15, 0.2) is 0 Å². The first-order valence-corrected chi connectivity index (χ1v) is 9.33. The summed E-state index contributed by atoms with van der Waals surface area (Å²) in [5.41, 5.74) is -3.42. The van der Waals surface area contributed by atoms with Crippen LogP contribution in [0.3, 0.4) is 0 Å². The van der Waals surface area contributed by atoms with Gasteiger partial charge in [-0.25, -0.2) is 0 Å². The minimum absolute atomic E-state index is 0.0727. The van der Waals surface area contributed by atoms with Gasteiger partial charge in [0, 0.05) is 62.8 Å². The Morgan fingerprint density at radius 1 is 1.04 bits per heavy atom. The van der Waals surface area contributed by atoms with E-state index in [0.29, 0.717) is 6.42 Å². The number of thioether (sulfide) groups is 1. The molecule has 2 saturated heterocycles. The fourth-order valence-electron chi connectivity index (χ4n) is 3.31. The molecule has 0 unspecified atom stereocenters. The predicted octanol–water partition coefficient (Wildman–Crippen LogP) is 3.04. The molecule has 0 aromatic heterocycles. The van der Waals surface area contributed by atoms with Gasteiger partial charge in [0.25, 0.3) is 0 Å². The Balaban J connectivity index is 1.48. The monoisotopic (exact) mass is 373 g/mol. The van der Waals surface area contributed by atoms with Crippen molar-refractivity contribution < 1.29 is 18.0 Å². The van der Waals surface area contributed by atoms with Gasteiger partial charge in [-0.3, -0.25) is 9.69 Å². The van der Waals surface area contributed by atoms with E-state index in [9.17, 15) is 18.0 Å². The molecule has 0 N–H and O–H groups in total. The first-order valence-electron chi connectivity index (χ1n) is 8.52. The highest BCUT2D eigenvalue weighted by atomic mass is 32.2. The van der Waals surface area contributed by atoms with Crippen molar-refractivity contribution in [1.29, 1.82) is 0 Å². The third-order valence-electron chi connectivity index (χ3n) is 4.65. The Labute approximate surface area is 149 Å². The molecular formula is C17H22F3N3OS. The number of carbonyl (C=O) groups excluding carboxylic acids is 1. The number of anilines is 1. The van der Waals surface area contributed by atoms with Gasteiger partial charge in [-0.05, 0) is 36.4 Å². The Bertz CT molecular complexity index is 603. The van der Waals surface area contributed by atoms with Gasteiger partial charge in [0.1, 0.15) is 0 Å². The zero-order valence-corrected chi connectivity index (χ0v) is 14.8. The van der Waals surface area contributed by atoms with Crippen LogP contribution < -0.4 is 4.90 Å².